The highest BCUT2D eigenvalue weighted by Gasteiger charge is 2.18. The van der Waals surface area contributed by atoms with Crippen LogP contribution in [0.2, 0.25) is 0 Å². The molecule has 0 radical (unpaired) electrons. The van der Waals surface area contributed by atoms with Gasteiger partial charge in [0.1, 0.15) is 17.9 Å². The lowest BCUT2D eigenvalue weighted by atomic mass is 9.99. The van der Waals surface area contributed by atoms with E-state index in [4.69, 9.17) is 0 Å². The number of hydrogen-bond acceptors (Lipinski definition) is 4. The molecule has 3 rings (SSSR count). The standard InChI is InChI=1S/C16H17N3O/c1-11-9-13(20)5-6-14(11)15-12(2)17-10-18-16(15)19-7-3-4-8-19/h3-6,9-10,20H,7-8H2,1-2H3. The number of rotatable bonds is 2. The van der Waals surface area contributed by atoms with Gasteiger partial charge in [-0.05, 0) is 37.1 Å². The van der Waals surface area contributed by atoms with Gasteiger partial charge >= 0.3 is 0 Å². The van der Waals surface area contributed by atoms with Gasteiger partial charge in [0, 0.05) is 18.7 Å². The summed E-state index contributed by atoms with van der Waals surface area (Å²) in [6, 6.07) is 5.41. The monoisotopic (exact) mass is 267 g/mol. The highest BCUT2D eigenvalue weighted by Crippen LogP contribution is 2.35. The van der Waals surface area contributed by atoms with E-state index in [2.05, 4.69) is 27.0 Å². The van der Waals surface area contributed by atoms with Gasteiger partial charge in [0.25, 0.3) is 0 Å². The number of hydrogen-bond donors (Lipinski definition) is 1. The van der Waals surface area contributed by atoms with Crippen molar-refractivity contribution in [2.24, 2.45) is 0 Å². The lowest BCUT2D eigenvalue weighted by Crippen LogP contribution is -2.21. The van der Waals surface area contributed by atoms with Gasteiger partial charge in [-0.15, -0.1) is 0 Å². The fourth-order valence-corrected chi connectivity index (χ4v) is 2.60. The van der Waals surface area contributed by atoms with Crippen LogP contribution in [0.25, 0.3) is 11.1 Å². The fourth-order valence-electron chi connectivity index (χ4n) is 2.60. The topological polar surface area (TPSA) is 49.3 Å². The van der Waals surface area contributed by atoms with Crippen LogP contribution in [0.3, 0.4) is 0 Å². The maximum Gasteiger partial charge on any atom is 0.140 e. The highest BCUT2D eigenvalue weighted by molar-refractivity contribution is 5.80. The maximum atomic E-state index is 9.58. The number of phenols is 1. The summed E-state index contributed by atoms with van der Waals surface area (Å²) >= 11 is 0. The van der Waals surface area contributed by atoms with E-state index in [9.17, 15) is 5.11 Å². The van der Waals surface area contributed by atoms with Crippen LogP contribution in [0.5, 0.6) is 5.75 Å². The first-order chi connectivity index (χ1) is 9.66. The molecule has 0 aliphatic carbocycles. The van der Waals surface area contributed by atoms with Gasteiger partial charge in [0.2, 0.25) is 0 Å². The quantitative estimate of drug-likeness (QED) is 0.850. The molecule has 0 saturated carbocycles. The Morgan fingerprint density at radius 2 is 1.85 bits per heavy atom. The summed E-state index contributed by atoms with van der Waals surface area (Å²) in [6.07, 6.45) is 5.90. The Hall–Kier alpha value is -2.36. The number of nitrogens with zero attached hydrogens (tertiary/aromatic N) is 3. The zero-order valence-electron chi connectivity index (χ0n) is 11.7. The Kier molecular flexibility index (Phi) is 3.14. The molecule has 0 amide bonds. The van der Waals surface area contributed by atoms with Crippen molar-refractivity contribution in [3.05, 3.63) is 47.9 Å². The van der Waals surface area contributed by atoms with Crippen LogP contribution < -0.4 is 4.90 Å². The maximum absolute atomic E-state index is 9.58. The predicted molar refractivity (Wildman–Crippen MR) is 80.0 cm³/mol. The number of phenolic OH excluding ortho intramolecular Hbond substituents is 1. The van der Waals surface area contributed by atoms with Crippen LogP contribution in [-0.4, -0.2) is 28.2 Å². The zero-order valence-corrected chi connectivity index (χ0v) is 11.7. The van der Waals surface area contributed by atoms with E-state index in [1.807, 2.05) is 19.9 Å². The van der Waals surface area contributed by atoms with Crippen molar-refractivity contribution >= 4 is 5.82 Å². The van der Waals surface area contributed by atoms with Crippen molar-refractivity contribution in [1.29, 1.82) is 0 Å². The first-order valence-corrected chi connectivity index (χ1v) is 6.68. The molecule has 1 aromatic heterocycles. The van der Waals surface area contributed by atoms with Crippen molar-refractivity contribution < 1.29 is 5.11 Å². The summed E-state index contributed by atoms with van der Waals surface area (Å²) in [5, 5.41) is 9.58. The van der Waals surface area contributed by atoms with Crippen LogP contribution >= 0.6 is 0 Å². The van der Waals surface area contributed by atoms with E-state index >= 15 is 0 Å². The molecule has 0 fully saturated rings. The number of aromatic nitrogens is 2. The molecular formula is C16H17N3O. The summed E-state index contributed by atoms with van der Waals surface area (Å²) in [5.41, 5.74) is 4.10. The van der Waals surface area contributed by atoms with E-state index in [0.717, 1.165) is 41.3 Å². The first kappa shape index (κ1) is 12.7. The fraction of sp³-hybridized carbons (Fsp3) is 0.250. The van der Waals surface area contributed by atoms with Crippen molar-refractivity contribution in [1.82, 2.24) is 9.97 Å². The molecule has 20 heavy (non-hydrogen) atoms. The van der Waals surface area contributed by atoms with Crippen LogP contribution in [0.1, 0.15) is 11.3 Å². The van der Waals surface area contributed by atoms with E-state index in [1.165, 1.54) is 0 Å². The Balaban J connectivity index is 2.16. The number of aromatic hydroxyl groups is 1. The second kappa shape index (κ2) is 4.96. The Labute approximate surface area is 118 Å². The molecule has 1 aromatic carbocycles. The summed E-state index contributed by atoms with van der Waals surface area (Å²) in [4.78, 5) is 11.0. The predicted octanol–water partition coefficient (Wildman–Crippen LogP) is 2.84. The lowest BCUT2D eigenvalue weighted by Gasteiger charge is -2.21. The van der Waals surface area contributed by atoms with Gasteiger partial charge in [-0.25, -0.2) is 9.97 Å². The molecule has 102 valence electrons. The normalized spacial score (nSPS) is 14.0. The van der Waals surface area contributed by atoms with Crippen LogP contribution in [0.4, 0.5) is 5.82 Å². The van der Waals surface area contributed by atoms with Gasteiger partial charge in [-0.1, -0.05) is 18.2 Å². The van der Waals surface area contributed by atoms with Gasteiger partial charge in [0.15, 0.2) is 0 Å². The molecule has 4 heteroatoms. The third kappa shape index (κ3) is 2.13. The minimum atomic E-state index is 0.283. The van der Waals surface area contributed by atoms with Crippen LogP contribution in [0.15, 0.2) is 36.7 Å². The third-order valence-electron chi connectivity index (χ3n) is 3.61. The minimum absolute atomic E-state index is 0.283. The molecular weight excluding hydrogens is 250 g/mol. The summed E-state index contributed by atoms with van der Waals surface area (Å²) in [7, 11) is 0. The number of benzene rings is 1. The molecule has 1 N–H and O–H groups in total. The molecule has 0 atom stereocenters. The zero-order chi connectivity index (χ0) is 14.1. The largest absolute Gasteiger partial charge is 0.508 e. The highest BCUT2D eigenvalue weighted by atomic mass is 16.3. The molecule has 0 spiro atoms. The molecule has 2 heterocycles. The third-order valence-corrected chi connectivity index (χ3v) is 3.61. The molecule has 2 aromatic rings. The number of anilines is 1. The lowest BCUT2D eigenvalue weighted by molar-refractivity contribution is 0.475. The molecule has 0 saturated heterocycles. The van der Waals surface area contributed by atoms with Crippen molar-refractivity contribution in [2.45, 2.75) is 13.8 Å². The Morgan fingerprint density at radius 1 is 1.10 bits per heavy atom. The molecule has 1 aliphatic rings. The Bertz CT molecular complexity index is 671. The SMILES string of the molecule is Cc1cc(O)ccc1-c1c(C)ncnc1N1CC=CC1. The summed E-state index contributed by atoms with van der Waals surface area (Å²) in [5.74, 6) is 1.24. The Morgan fingerprint density at radius 3 is 2.55 bits per heavy atom. The molecule has 1 aliphatic heterocycles. The summed E-state index contributed by atoms with van der Waals surface area (Å²) in [6.45, 7) is 5.74. The van der Waals surface area contributed by atoms with E-state index in [1.54, 1.807) is 18.5 Å². The second-order valence-corrected chi connectivity index (χ2v) is 5.03. The number of aryl methyl sites for hydroxylation is 2. The smallest absolute Gasteiger partial charge is 0.140 e. The van der Waals surface area contributed by atoms with Crippen molar-refractivity contribution in [2.75, 3.05) is 18.0 Å². The minimum Gasteiger partial charge on any atom is -0.508 e. The van der Waals surface area contributed by atoms with E-state index in [0.29, 0.717) is 0 Å². The van der Waals surface area contributed by atoms with Gasteiger partial charge in [-0.3, -0.25) is 0 Å². The van der Waals surface area contributed by atoms with E-state index in [-0.39, 0.29) is 5.75 Å². The van der Waals surface area contributed by atoms with Crippen molar-refractivity contribution in [3.63, 3.8) is 0 Å². The summed E-state index contributed by atoms with van der Waals surface area (Å²) < 4.78 is 0. The first-order valence-electron chi connectivity index (χ1n) is 6.68. The second-order valence-electron chi connectivity index (χ2n) is 5.03. The van der Waals surface area contributed by atoms with Crippen LogP contribution in [0, 0.1) is 13.8 Å². The average molecular weight is 267 g/mol. The molecule has 4 nitrogen and oxygen atoms in total. The molecule has 0 unspecified atom stereocenters. The van der Waals surface area contributed by atoms with Crippen LogP contribution in [-0.2, 0) is 0 Å². The van der Waals surface area contributed by atoms with Crippen molar-refractivity contribution in [3.8, 4) is 16.9 Å². The van der Waals surface area contributed by atoms with Gasteiger partial charge in [0.05, 0.1) is 5.69 Å². The van der Waals surface area contributed by atoms with Gasteiger partial charge in [-0.2, -0.15) is 0 Å². The van der Waals surface area contributed by atoms with E-state index < -0.39 is 0 Å². The average Bonchev–Trinajstić information content (AvgIpc) is 2.93. The molecule has 0 bridgehead atoms. The van der Waals surface area contributed by atoms with Gasteiger partial charge < -0.3 is 10.0 Å².